The van der Waals surface area contributed by atoms with Gasteiger partial charge in [-0.3, -0.25) is 4.79 Å². The first-order valence-electron chi connectivity index (χ1n) is 9.31. The molecule has 0 bridgehead atoms. The lowest BCUT2D eigenvalue weighted by Crippen LogP contribution is -2.50. The zero-order valence-corrected chi connectivity index (χ0v) is 17.0. The normalized spacial score (nSPS) is 15.0. The molecule has 0 saturated carbocycles. The number of fused-ring (bicyclic) bond motifs is 1. The van der Waals surface area contributed by atoms with Crippen molar-refractivity contribution in [3.05, 3.63) is 59.2 Å². The van der Waals surface area contributed by atoms with Gasteiger partial charge >= 0.3 is 11.9 Å². The molecule has 2 aromatic rings. The van der Waals surface area contributed by atoms with Crippen molar-refractivity contribution in [3.63, 3.8) is 0 Å². The maximum Gasteiger partial charge on any atom is 0.338 e. The zero-order chi connectivity index (χ0) is 21.7. The molecule has 1 aliphatic heterocycles. The van der Waals surface area contributed by atoms with Gasteiger partial charge in [0.25, 0.3) is 5.91 Å². The van der Waals surface area contributed by atoms with E-state index < -0.39 is 30.5 Å². The molecule has 3 rings (SSSR count). The molecule has 1 atom stereocenters. The van der Waals surface area contributed by atoms with Crippen molar-refractivity contribution in [3.8, 4) is 11.5 Å². The molecule has 8 nitrogen and oxygen atoms in total. The second-order valence-electron chi connectivity index (χ2n) is 6.71. The summed E-state index contributed by atoms with van der Waals surface area (Å²) >= 11 is 0. The van der Waals surface area contributed by atoms with Crippen LogP contribution in [-0.2, 0) is 32.0 Å². The minimum Gasteiger partial charge on any atom is -0.497 e. The third kappa shape index (κ3) is 4.53. The Kier molecular flexibility index (Phi) is 6.56. The molecule has 0 saturated heterocycles. The lowest BCUT2D eigenvalue weighted by Gasteiger charge is -2.35. The summed E-state index contributed by atoms with van der Waals surface area (Å²) in [7, 11) is 4.21. The molecule has 0 aliphatic carbocycles. The summed E-state index contributed by atoms with van der Waals surface area (Å²) in [5, 5.41) is 0. The molecule has 0 unspecified atom stereocenters. The van der Waals surface area contributed by atoms with Gasteiger partial charge in [-0.2, -0.15) is 0 Å². The van der Waals surface area contributed by atoms with Gasteiger partial charge < -0.3 is 23.8 Å². The van der Waals surface area contributed by atoms with E-state index in [0.717, 1.165) is 11.1 Å². The van der Waals surface area contributed by atoms with E-state index >= 15 is 0 Å². The van der Waals surface area contributed by atoms with E-state index in [1.807, 2.05) is 24.3 Å². The van der Waals surface area contributed by atoms with Crippen LogP contribution in [0.5, 0.6) is 11.5 Å². The van der Waals surface area contributed by atoms with E-state index in [4.69, 9.17) is 18.9 Å². The number of hydrogen-bond donors (Lipinski definition) is 0. The predicted molar refractivity (Wildman–Crippen MR) is 106 cm³/mol. The molecule has 158 valence electrons. The minimum atomic E-state index is -0.770. The van der Waals surface area contributed by atoms with Crippen molar-refractivity contribution in [2.75, 3.05) is 27.9 Å². The quantitative estimate of drug-likeness (QED) is 0.669. The van der Waals surface area contributed by atoms with E-state index in [1.54, 1.807) is 6.07 Å². The maximum atomic E-state index is 12.8. The van der Waals surface area contributed by atoms with Crippen LogP contribution in [0, 0.1) is 0 Å². The number of rotatable bonds is 6. The van der Waals surface area contributed by atoms with Gasteiger partial charge in [-0.25, -0.2) is 9.59 Å². The van der Waals surface area contributed by atoms with Crippen LogP contribution in [-0.4, -0.2) is 56.7 Å². The molecule has 0 N–H and O–H groups in total. The summed E-state index contributed by atoms with van der Waals surface area (Å²) in [6.45, 7) is -0.271. The fraction of sp³-hybridized carbons (Fsp3) is 0.318. The fourth-order valence-electron chi connectivity index (χ4n) is 3.35. The summed E-state index contributed by atoms with van der Waals surface area (Å²) in [5.74, 6) is -0.852. The SMILES string of the molecule is COC(=O)[C@@H]1Cc2ccccc2CN1C(=O)COC(=O)c1cc(OC)cc(OC)c1. The number of carbonyl (C=O) groups excluding carboxylic acids is 3. The van der Waals surface area contributed by atoms with Gasteiger partial charge in [-0.05, 0) is 23.3 Å². The van der Waals surface area contributed by atoms with Crippen LogP contribution in [0.4, 0.5) is 0 Å². The topological polar surface area (TPSA) is 91.4 Å². The van der Waals surface area contributed by atoms with Crippen LogP contribution in [0.3, 0.4) is 0 Å². The Labute approximate surface area is 174 Å². The molecule has 8 heteroatoms. The van der Waals surface area contributed by atoms with Crippen molar-refractivity contribution in [2.24, 2.45) is 0 Å². The summed E-state index contributed by atoms with van der Waals surface area (Å²) in [6, 6.07) is 11.4. The third-order valence-electron chi connectivity index (χ3n) is 4.96. The molecule has 0 radical (unpaired) electrons. The number of esters is 2. The number of methoxy groups -OCH3 is 3. The molecule has 0 aromatic heterocycles. The van der Waals surface area contributed by atoms with Gasteiger partial charge in [0.2, 0.25) is 0 Å². The van der Waals surface area contributed by atoms with Crippen molar-refractivity contribution in [1.82, 2.24) is 4.90 Å². The highest BCUT2D eigenvalue weighted by Crippen LogP contribution is 2.25. The average Bonchev–Trinajstić information content (AvgIpc) is 2.80. The van der Waals surface area contributed by atoms with E-state index in [9.17, 15) is 14.4 Å². The monoisotopic (exact) mass is 413 g/mol. The molecule has 30 heavy (non-hydrogen) atoms. The van der Waals surface area contributed by atoms with Gasteiger partial charge in [0.05, 0.1) is 26.9 Å². The van der Waals surface area contributed by atoms with Crippen LogP contribution in [0.25, 0.3) is 0 Å². The third-order valence-corrected chi connectivity index (χ3v) is 4.96. The van der Waals surface area contributed by atoms with E-state index in [2.05, 4.69) is 0 Å². The largest absolute Gasteiger partial charge is 0.497 e. The van der Waals surface area contributed by atoms with Gasteiger partial charge in [0.15, 0.2) is 6.61 Å². The van der Waals surface area contributed by atoms with Gasteiger partial charge in [0, 0.05) is 19.0 Å². The van der Waals surface area contributed by atoms with Gasteiger partial charge in [0.1, 0.15) is 17.5 Å². The fourth-order valence-corrected chi connectivity index (χ4v) is 3.35. The summed E-state index contributed by atoms with van der Waals surface area (Å²) in [6.07, 6.45) is 0.343. The molecule has 0 spiro atoms. The second kappa shape index (κ2) is 9.30. The molecule has 1 heterocycles. The lowest BCUT2D eigenvalue weighted by atomic mass is 9.94. The van der Waals surface area contributed by atoms with E-state index in [1.165, 1.54) is 38.4 Å². The molecule has 2 aromatic carbocycles. The average molecular weight is 413 g/mol. The number of benzene rings is 2. The first-order valence-corrected chi connectivity index (χ1v) is 9.31. The first kappa shape index (κ1) is 21.2. The number of nitrogens with zero attached hydrogens (tertiary/aromatic N) is 1. The Morgan fingerprint density at radius 2 is 1.60 bits per heavy atom. The molecular weight excluding hydrogens is 390 g/mol. The zero-order valence-electron chi connectivity index (χ0n) is 17.0. The Balaban J connectivity index is 1.73. The number of hydrogen-bond acceptors (Lipinski definition) is 7. The van der Waals surface area contributed by atoms with E-state index in [-0.39, 0.29) is 12.1 Å². The second-order valence-corrected chi connectivity index (χ2v) is 6.71. The van der Waals surface area contributed by atoms with Gasteiger partial charge in [-0.1, -0.05) is 24.3 Å². The summed E-state index contributed by atoms with van der Waals surface area (Å²) in [5.41, 5.74) is 2.11. The van der Waals surface area contributed by atoms with Crippen molar-refractivity contribution in [1.29, 1.82) is 0 Å². The number of ether oxygens (including phenoxy) is 4. The first-order chi connectivity index (χ1) is 14.5. The molecule has 0 fully saturated rings. The van der Waals surface area contributed by atoms with E-state index in [0.29, 0.717) is 17.9 Å². The Bertz CT molecular complexity index is 934. The smallest absolute Gasteiger partial charge is 0.338 e. The highest BCUT2D eigenvalue weighted by Gasteiger charge is 2.35. The Morgan fingerprint density at radius 1 is 0.967 bits per heavy atom. The summed E-state index contributed by atoms with van der Waals surface area (Å²) < 4.78 is 20.3. The number of amides is 1. The standard InChI is InChI=1S/C22H23NO7/c1-27-17-8-16(9-18(11-17)28-2)21(25)30-13-20(24)23-12-15-7-5-4-6-14(15)10-19(23)22(26)29-3/h4-9,11,19H,10,12-13H2,1-3H3/t19-/m0/s1. The Morgan fingerprint density at radius 3 is 2.20 bits per heavy atom. The van der Waals surface area contributed by atoms with Crippen LogP contribution < -0.4 is 9.47 Å². The van der Waals surface area contributed by atoms with Crippen LogP contribution in [0.2, 0.25) is 0 Å². The predicted octanol–water partition coefficient (Wildman–Crippen LogP) is 1.99. The number of carbonyl (C=O) groups is 3. The van der Waals surface area contributed by atoms with Crippen molar-refractivity contribution < 1.29 is 33.3 Å². The van der Waals surface area contributed by atoms with Crippen molar-refractivity contribution in [2.45, 2.75) is 19.0 Å². The minimum absolute atomic E-state index is 0.188. The maximum absolute atomic E-state index is 12.8. The highest BCUT2D eigenvalue weighted by atomic mass is 16.5. The van der Waals surface area contributed by atoms with Gasteiger partial charge in [-0.15, -0.1) is 0 Å². The lowest BCUT2D eigenvalue weighted by molar-refractivity contribution is -0.155. The van der Waals surface area contributed by atoms with Crippen LogP contribution in [0.1, 0.15) is 21.5 Å². The molecule has 1 aliphatic rings. The van der Waals surface area contributed by atoms with Crippen molar-refractivity contribution >= 4 is 17.8 Å². The molecule has 1 amide bonds. The Hall–Kier alpha value is -3.55. The highest BCUT2D eigenvalue weighted by molar-refractivity contribution is 5.93. The van der Waals surface area contributed by atoms with Crippen LogP contribution >= 0.6 is 0 Å². The molecular formula is C22H23NO7. The van der Waals surface area contributed by atoms with Crippen LogP contribution in [0.15, 0.2) is 42.5 Å². The summed E-state index contributed by atoms with van der Waals surface area (Å²) in [4.78, 5) is 38.9.